The predicted octanol–water partition coefficient (Wildman–Crippen LogP) is 4.23. The van der Waals surface area contributed by atoms with Gasteiger partial charge in [-0.15, -0.1) is 0 Å². The van der Waals surface area contributed by atoms with Crippen LogP contribution in [0, 0.1) is 0 Å². The zero-order valence-electron chi connectivity index (χ0n) is 15.0. The summed E-state index contributed by atoms with van der Waals surface area (Å²) in [4.78, 5) is 12.5. The molecule has 0 aliphatic carbocycles. The topological polar surface area (TPSA) is 66.5 Å². The molecule has 3 aromatic carbocycles. The van der Waals surface area contributed by atoms with Crippen molar-refractivity contribution >= 4 is 55.6 Å². The number of fused-ring (bicyclic) bond motifs is 1. The van der Waals surface area contributed by atoms with Crippen LogP contribution in [0.2, 0.25) is 10.0 Å². The van der Waals surface area contributed by atoms with Crippen molar-refractivity contribution in [3.8, 4) is 0 Å². The Labute approximate surface area is 173 Å². The molecule has 0 spiro atoms. The summed E-state index contributed by atoms with van der Waals surface area (Å²) in [5.41, 5.74) is 1.23. The van der Waals surface area contributed by atoms with Crippen LogP contribution in [-0.2, 0) is 21.4 Å². The van der Waals surface area contributed by atoms with E-state index in [1.807, 2.05) is 42.5 Å². The molecule has 8 heteroatoms. The summed E-state index contributed by atoms with van der Waals surface area (Å²) >= 11 is 11.9. The fourth-order valence-corrected chi connectivity index (χ4v) is 4.01. The first-order valence-electron chi connectivity index (χ1n) is 8.42. The van der Waals surface area contributed by atoms with Crippen LogP contribution in [0.5, 0.6) is 0 Å². The Kier molecular flexibility index (Phi) is 6.13. The molecule has 0 heterocycles. The summed E-state index contributed by atoms with van der Waals surface area (Å²) in [5, 5.41) is 5.41. The molecule has 0 aliphatic heterocycles. The van der Waals surface area contributed by atoms with Gasteiger partial charge in [0.1, 0.15) is 6.54 Å². The highest BCUT2D eigenvalue weighted by Gasteiger charge is 2.21. The molecule has 0 saturated carbocycles. The molecule has 1 amide bonds. The Bertz CT molecular complexity index is 1130. The molecule has 28 heavy (non-hydrogen) atoms. The van der Waals surface area contributed by atoms with E-state index in [0.717, 1.165) is 26.9 Å². The SMILES string of the molecule is CS(=O)(=O)N(CC(=O)NCc1cccc2ccccc12)c1ccc(Cl)c(Cl)c1. The molecule has 1 N–H and O–H groups in total. The molecule has 3 rings (SSSR count). The van der Waals surface area contributed by atoms with Gasteiger partial charge in [-0.1, -0.05) is 65.7 Å². The first-order chi connectivity index (χ1) is 13.3. The second kappa shape index (κ2) is 8.39. The van der Waals surface area contributed by atoms with Gasteiger partial charge in [0.2, 0.25) is 15.9 Å². The first kappa shape index (κ1) is 20.5. The predicted molar refractivity (Wildman–Crippen MR) is 114 cm³/mol. The third-order valence-electron chi connectivity index (χ3n) is 4.23. The number of nitrogens with zero attached hydrogens (tertiary/aromatic N) is 1. The Morgan fingerprint density at radius 1 is 1.00 bits per heavy atom. The summed E-state index contributed by atoms with van der Waals surface area (Å²) in [5.74, 6) is -0.426. The van der Waals surface area contributed by atoms with E-state index in [0.29, 0.717) is 11.6 Å². The minimum Gasteiger partial charge on any atom is -0.350 e. The highest BCUT2D eigenvalue weighted by Crippen LogP contribution is 2.28. The van der Waals surface area contributed by atoms with Crippen molar-refractivity contribution in [2.45, 2.75) is 6.54 Å². The number of hydrogen-bond acceptors (Lipinski definition) is 3. The summed E-state index contributed by atoms with van der Waals surface area (Å²) in [6.07, 6.45) is 1.04. The summed E-state index contributed by atoms with van der Waals surface area (Å²) in [6.45, 7) is -0.0687. The fourth-order valence-electron chi connectivity index (χ4n) is 2.87. The van der Waals surface area contributed by atoms with Crippen LogP contribution in [0.3, 0.4) is 0 Å². The van der Waals surface area contributed by atoms with E-state index in [1.165, 1.54) is 18.2 Å². The molecule has 0 aromatic heterocycles. The van der Waals surface area contributed by atoms with Crippen LogP contribution in [0.1, 0.15) is 5.56 Å². The highest BCUT2D eigenvalue weighted by molar-refractivity contribution is 7.92. The van der Waals surface area contributed by atoms with Gasteiger partial charge in [0.15, 0.2) is 0 Å². The van der Waals surface area contributed by atoms with Crippen molar-refractivity contribution < 1.29 is 13.2 Å². The van der Waals surface area contributed by atoms with E-state index in [-0.39, 0.29) is 17.3 Å². The number of carbonyl (C=O) groups is 1. The first-order valence-corrected chi connectivity index (χ1v) is 11.0. The Hall–Kier alpha value is -2.28. The molecule has 146 valence electrons. The van der Waals surface area contributed by atoms with Crippen molar-refractivity contribution in [1.29, 1.82) is 0 Å². The van der Waals surface area contributed by atoms with Crippen LogP contribution in [0.4, 0.5) is 5.69 Å². The van der Waals surface area contributed by atoms with Gasteiger partial charge < -0.3 is 5.32 Å². The van der Waals surface area contributed by atoms with Crippen LogP contribution < -0.4 is 9.62 Å². The van der Waals surface area contributed by atoms with E-state index in [9.17, 15) is 13.2 Å². The molecule has 0 saturated heterocycles. The number of nitrogens with one attached hydrogen (secondary N) is 1. The molecule has 0 aliphatic rings. The van der Waals surface area contributed by atoms with E-state index >= 15 is 0 Å². The summed E-state index contributed by atoms with van der Waals surface area (Å²) in [6, 6.07) is 18.1. The maximum atomic E-state index is 12.5. The summed E-state index contributed by atoms with van der Waals surface area (Å²) < 4.78 is 25.4. The molecular formula is C20H18Cl2N2O3S. The van der Waals surface area contributed by atoms with Gasteiger partial charge >= 0.3 is 0 Å². The molecule has 0 fully saturated rings. The Morgan fingerprint density at radius 2 is 1.71 bits per heavy atom. The normalized spacial score (nSPS) is 11.4. The van der Waals surface area contributed by atoms with Gasteiger partial charge in [0.25, 0.3) is 0 Å². The lowest BCUT2D eigenvalue weighted by molar-refractivity contribution is -0.119. The number of sulfonamides is 1. The van der Waals surface area contributed by atoms with Gasteiger partial charge in [-0.25, -0.2) is 8.42 Å². The smallest absolute Gasteiger partial charge is 0.241 e. The quantitative estimate of drug-likeness (QED) is 0.628. The average Bonchev–Trinajstić information content (AvgIpc) is 2.66. The third-order valence-corrected chi connectivity index (χ3v) is 6.11. The van der Waals surface area contributed by atoms with Crippen LogP contribution >= 0.6 is 23.2 Å². The maximum absolute atomic E-state index is 12.5. The van der Waals surface area contributed by atoms with Gasteiger partial charge in [0.05, 0.1) is 22.0 Å². The van der Waals surface area contributed by atoms with Crippen LogP contribution in [0.15, 0.2) is 60.7 Å². The minimum atomic E-state index is -3.69. The molecule has 0 bridgehead atoms. The average molecular weight is 437 g/mol. The lowest BCUT2D eigenvalue weighted by Gasteiger charge is -2.22. The van der Waals surface area contributed by atoms with Gasteiger partial charge in [-0.2, -0.15) is 0 Å². The van der Waals surface area contributed by atoms with E-state index < -0.39 is 15.9 Å². The molecular weight excluding hydrogens is 419 g/mol. The van der Waals surface area contributed by atoms with Crippen molar-refractivity contribution in [1.82, 2.24) is 5.32 Å². The monoisotopic (exact) mass is 436 g/mol. The Balaban J connectivity index is 1.76. The lowest BCUT2D eigenvalue weighted by Crippen LogP contribution is -2.40. The lowest BCUT2D eigenvalue weighted by atomic mass is 10.0. The van der Waals surface area contributed by atoms with Crippen molar-refractivity contribution in [2.24, 2.45) is 0 Å². The number of amides is 1. The number of benzene rings is 3. The van der Waals surface area contributed by atoms with Gasteiger partial charge in [-0.05, 0) is 34.5 Å². The van der Waals surface area contributed by atoms with Crippen molar-refractivity contribution in [2.75, 3.05) is 17.1 Å². The molecule has 0 radical (unpaired) electrons. The zero-order valence-corrected chi connectivity index (χ0v) is 17.4. The third kappa shape index (κ3) is 4.76. The minimum absolute atomic E-state index is 0.212. The Morgan fingerprint density at radius 3 is 2.43 bits per heavy atom. The van der Waals surface area contributed by atoms with E-state index in [1.54, 1.807) is 0 Å². The molecule has 0 unspecified atom stereocenters. The van der Waals surface area contributed by atoms with Crippen molar-refractivity contribution in [3.63, 3.8) is 0 Å². The molecule has 0 atom stereocenters. The zero-order chi connectivity index (χ0) is 20.3. The van der Waals surface area contributed by atoms with Gasteiger partial charge in [0, 0.05) is 6.54 Å². The number of carbonyl (C=O) groups excluding carboxylic acids is 1. The highest BCUT2D eigenvalue weighted by atomic mass is 35.5. The molecule has 5 nitrogen and oxygen atoms in total. The standard InChI is InChI=1S/C20H18Cl2N2O3S/c1-28(26,27)24(16-9-10-18(21)19(22)11-16)13-20(25)23-12-15-7-4-6-14-5-2-3-8-17(14)15/h2-11H,12-13H2,1H3,(H,23,25). The second-order valence-corrected chi connectivity index (χ2v) is 9.00. The summed E-state index contributed by atoms with van der Waals surface area (Å²) in [7, 11) is -3.69. The van der Waals surface area contributed by atoms with Crippen LogP contribution in [-0.4, -0.2) is 27.1 Å². The number of hydrogen-bond donors (Lipinski definition) is 1. The number of rotatable bonds is 6. The molecule has 3 aromatic rings. The van der Waals surface area contributed by atoms with Gasteiger partial charge in [-0.3, -0.25) is 9.10 Å². The van der Waals surface area contributed by atoms with E-state index in [4.69, 9.17) is 23.2 Å². The van der Waals surface area contributed by atoms with E-state index in [2.05, 4.69) is 5.32 Å². The van der Waals surface area contributed by atoms with Crippen molar-refractivity contribution in [3.05, 3.63) is 76.3 Å². The van der Waals surface area contributed by atoms with Crippen LogP contribution in [0.25, 0.3) is 10.8 Å². The maximum Gasteiger partial charge on any atom is 0.241 e. The second-order valence-electron chi connectivity index (χ2n) is 6.28. The fraction of sp³-hybridized carbons (Fsp3) is 0.150. The number of anilines is 1. The number of halogens is 2. The largest absolute Gasteiger partial charge is 0.350 e.